The molecule has 0 radical (unpaired) electrons. The van der Waals surface area contributed by atoms with Gasteiger partial charge in [0.1, 0.15) is 5.75 Å². The number of hydrogen-bond acceptors (Lipinski definition) is 4. The minimum atomic E-state index is -3.59. The van der Waals surface area contributed by atoms with Gasteiger partial charge in [0.2, 0.25) is 10.0 Å². The summed E-state index contributed by atoms with van der Waals surface area (Å²) in [5, 5.41) is 3.22. The lowest BCUT2D eigenvalue weighted by atomic mass is 10.1. The molecule has 0 saturated heterocycles. The summed E-state index contributed by atoms with van der Waals surface area (Å²) >= 11 is 5.98. The molecule has 0 saturated carbocycles. The van der Waals surface area contributed by atoms with Crippen molar-refractivity contribution in [3.63, 3.8) is 0 Å². The lowest BCUT2D eigenvalue weighted by Gasteiger charge is -2.34. The van der Waals surface area contributed by atoms with Gasteiger partial charge < -0.3 is 10.1 Å². The number of ether oxygens (including phenoxy) is 1. The molecule has 8 heteroatoms. The van der Waals surface area contributed by atoms with Gasteiger partial charge in [-0.25, -0.2) is 8.42 Å². The van der Waals surface area contributed by atoms with E-state index in [2.05, 4.69) is 5.32 Å². The third-order valence-corrected chi connectivity index (χ3v) is 5.52. The van der Waals surface area contributed by atoms with Crippen LogP contribution in [0, 0.1) is 0 Å². The second-order valence-electron chi connectivity index (χ2n) is 6.01. The molecule has 2 aromatic carbocycles. The molecule has 1 aliphatic heterocycles. The van der Waals surface area contributed by atoms with Gasteiger partial charge in [-0.15, -0.1) is 0 Å². The standard InChI is InChI=1S/C18H19ClN2O4S/c1-3-12-6-4-5-7-14(12)20-18(22)17-11-21(26(2,23)24)15-10-13(19)8-9-16(15)25-17/h4-10,17H,3,11H2,1-2H3,(H,20,22)/t17-/m0/s1. The van der Waals surface area contributed by atoms with Gasteiger partial charge in [-0.05, 0) is 36.2 Å². The van der Waals surface area contributed by atoms with Crippen LogP contribution in [0.3, 0.4) is 0 Å². The Hall–Kier alpha value is -2.25. The SMILES string of the molecule is CCc1ccccc1NC(=O)[C@@H]1CN(S(C)(=O)=O)c2cc(Cl)ccc2O1. The average molecular weight is 395 g/mol. The number of sulfonamides is 1. The quantitative estimate of drug-likeness (QED) is 0.864. The van der Waals surface area contributed by atoms with E-state index in [-0.39, 0.29) is 6.54 Å². The molecule has 0 unspecified atom stereocenters. The highest BCUT2D eigenvalue weighted by molar-refractivity contribution is 7.92. The number of fused-ring (bicyclic) bond motifs is 1. The number of benzene rings is 2. The van der Waals surface area contributed by atoms with E-state index < -0.39 is 22.0 Å². The number of rotatable bonds is 4. The van der Waals surface area contributed by atoms with E-state index in [4.69, 9.17) is 16.3 Å². The Kier molecular flexibility index (Phi) is 5.11. The topological polar surface area (TPSA) is 75.7 Å². The van der Waals surface area contributed by atoms with Crippen LogP contribution in [-0.2, 0) is 21.2 Å². The maximum atomic E-state index is 12.7. The Morgan fingerprint density at radius 1 is 1.31 bits per heavy atom. The molecule has 2 aromatic rings. The number of nitrogens with zero attached hydrogens (tertiary/aromatic N) is 1. The summed E-state index contributed by atoms with van der Waals surface area (Å²) in [5.74, 6) is -0.102. The van der Waals surface area contributed by atoms with Crippen molar-refractivity contribution < 1.29 is 17.9 Å². The number of nitrogens with one attached hydrogen (secondary N) is 1. The fourth-order valence-corrected chi connectivity index (χ4v) is 3.91. The Morgan fingerprint density at radius 2 is 2.04 bits per heavy atom. The molecule has 0 aliphatic carbocycles. The largest absolute Gasteiger partial charge is 0.476 e. The second kappa shape index (κ2) is 7.17. The summed E-state index contributed by atoms with van der Waals surface area (Å²) < 4.78 is 31.3. The third-order valence-electron chi connectivity index (χ3n) is 4.14. The summed E-state index contributed by atoms with van der Waals surface area (Å²) in [4.78, 5) is 12.7. The molecule has 1 aliphatic rings. The van der Waals surface area contributed by atoms with Crippen LogP contribution in [0.4, 0.5) is 11.4 Å². The van der Waals surface area contributed by atoms with E-state index in [9.17, 15) is 13.2 Å². The van der Waals surface area contributed by atoms with Gasteiger partial charge in [-0.1, -0.05) is 36.7 Å². The zero-order valence-electron chi connectivity index (χ0n) is 14.4. The van der Waals surface area contributed by atoms with E-state index in [1.165, 1.54) is 6.07 Å². The van der Waals surface area contributed by atoms with Gasteiger partial charge in [0.05, 0.1) is 18.5 Å². The highest BCUT2D eigenvalue weighted by Gasteiger charge is 2.35. The first-order valence-corrected chi connectivity index (χ1v) is 10.3. The first-order valence-electron chi connectivity index (χ1n) is 8.12. The molecule has 0 spiro atoms. The first-order chi connectivity index (χ1) is 12.3. The summed E-state index contributed by atoms with van der Waals surface area (Å²) in [6.45, 7) is 1.87. The Morgan fingerprint density at radius 3 is 2.73 bits per heavy atom. The maximum absolute atomic E-state index is 12.7. The van der Waals surface area contributed by atoms with E-state index in [1.807, 2.05) is 31.2 Å². The highest BCUT2D eigenvalue weighted by Crippen LogP contribution is 2.37. The Balaban J connectivity index is 1.90. The molecule has 6 nitrogen and oxygen atoms in total. The maximum Gasteiger partial charge on any atom is 0.267 e. The van der Waals surface area contributed by atoms with Crippen LogP contribution < -0.4 is 14.4 Å². The van der Waals surface area contributed by atoms with Crippen molar-refractivity contribution in [2.75, 3.05) is 22.4 Å². The molecule has 1 amide bonds. The smallest absolute Gasteiger partial charge is 0.267 e. The van der Waals surface area contributed by atoms with Gasteiger partial charge in [0.25, 0.3) is 5.91 Å². The van der Waals surface area contributed by atoms with Crippen LogP contribution in [0.15, 0.2) is 42.5 Å². The van der Waals surface area contributed by atoms with Crippen molar-refractivity contribution in [1.29, 1.82) is 0 Å². The molecule has 3 rings (SSSR count). The van der Waals surface area contributed by atoms with Crippen molar-refractivity contribution in [3.8, 4) is 5.75 Å². The first kappa shape index (κ1) is 18.5. The molecule has 0 aromatic heterocycles. The van der Waals surface area contributed by atoms with Crippen molar-refractivity contribution in [3.05, 3.63) is 53.1 Å². The molecule has 1 heterocycles. The van der Waals surface area contributed by atoms with Crippen LogP contribution in [-0.4, -0.2) is 33.2 Å². The number of hydrogen-bond donors (Lipinski definition) is 1. The number of carbonyl (C=O) groups excluding carboxylic acids is 1. The minimum Gasteiger partial charge on any atom is -0.476 e. The third kappa shape index (κ3) is 3.78. The van der Waals surface area contributed by atoms with E-state index in [0.717, 1.165) is 22.5 Å². The zero-order valence-corrected chi connectivity index (χ0v) is 16.0. The van der Waals surface area contributed by atoms with Gasteiger partial charge in [-0.3, -0.25) is 9.10 Å². The fraction of sp³-hybridized carbons (Fsp3) is 0.278. The normalized spacial score (nSPS) is 16.6. The molecule has 138 valence electrons. The minimum absolute atomic E-state index is 0.119. The number of halogens is 1. The summed E-state index contributed by atoms with van der Waals surface area (Å²) in [7, 11) is -3.59. The number of aryl methyl sites for hydroxylation is 1. The molecule has 1 atom stereocenters. The summed E-state index contributed by atoms with van der Waals surface area (Å²) in [6, 6.07) is 12.1. The van der Waals surface area contributed by atoms with Crippen LogP contribution in [0.25, 0.3) is 0 Å². The monoisotopic (exact) mass is 394 g/mol. The van der Waals surface area contributed by atoms with Crippen molar-refractivity contribution in [1.82, 2.24) is 0 Å². The number of carbonyl (C=O) groups is 1. The van der Waals surface area contributed by atoms with E-state index in [1.54, 1.807) is 12.1 Å². The van der Waals surface area contributed by atoms with Gasteiger partial charge in [0, 0.05) is 10.7 Å². The summed E-state index contributed by atoms with van der Waals surface area (Å²) in [5.41, 5.74) is 2.01. The zero-order chi connectivity index (χ0) is 18.9. The summed E-state index contributed by atoms with van der Waals surface area (Å²) in [6.07, 6.45) is 0.881. The predicted octanol–water partition coefficient (Wildman–Crippen LogP) is 3.07. The van der Waals surface area contributed by atoms with E-state index in [0.29, 0.717) is 22.1 Å². The van der Waals surface area contributed by atoms with Crippen LogP contribution >= 0.6 is 11.6 Å². The predicted molar refractivity (Wildman–Crippen MR) is 103 cm³/mol. The van der Waals surface area contributed by atoms with Crippen molar-refractivity contribution in [2.24, 2.45) is 0 Å². The lowest BCUT2D eigenvalue weighted by Crippen LogP contribution is -2.48. The van der Waals surface area contributed by atoms with Crippen LogP contribution in [0.2, 0.25) is 5.02 Å². The Labute approximate surface area is 157 Å². The average Bonchev–Trinajstić information content (AvgIpc) is 2.60. The number of amides is 1. The molecule has 1 N–H and O–H groups in total. The second-order valence-corrected chi connectivity index (χ2v) is 8.36. The van der Waals surface area contributed by atoms with Crippen LogP contribution in [0.5, 0.6) is 5.75 Å². The van der Waals surface area contributed by atoms with Crippen molar-refractivity contribution in [2.45, 2.75) is 19.4 Å². The molecule has 26 heavy (non-hydrogen) atoms. The number of anilines is 2. The number of para-hydroxylation sites is 1. The molecule has 0 bridgehead atoms. The van der Waals surface area contributed by atoms with Crippen LogP contribution in [0.1, 0.15) is 12.5 Å². The van der Waals surface area contributed by atoms with Gasteiger partial charge in [0.15, 0.2) is 6.10 Å². The Bertz CT molecular complexity index is 946. The van der Waals surface area contributed by atoms with Gasteiger partial charge in [-0.2, -0.15) is 0 Å². The van der Waals surface area contributed by atoms with Crippen molar-refractivity contribution >= 4 is 38.9 Å². The molecular weight excluding hydrogens is 376 g/mol. The van der Waals surface area contributed by atoms with E-state index >= 15 is 0 Å². The molecular formula is C18H19ClN2O4S. The lowest BCUT2D eigenvalue weighted by molar-refractivity contribution is -0.122. The van der Waals surface area contributed by atoms with Gasteiger partial charge >= 0.3 is 0 Å². The fourth-order valence-electron chi connectivity index (χ4n) is 2.84. The highest BCUT2D eigenvalue weighted by atomic mass is 35.5. The molecule has 0 fully saturated rings.